The molecule has 0 heterocycles. The molecule has 1 atom stereocenters. The predicted molar refractivity (Wildman–Crippen MR) is 80.8 cm³/mol. The summed E-state index contributed by atoms with van der Waals surface area (Å²) in [7, 11) is 0. The van der Waals surface area contributed by atoms with Gasteiger partial charge in [0, 0.05) is 5.92 Å². The largest absolute Gasteiger partial charge is 0.0766 e. The van der Waals surface area contributed by atoms with Crippen molar-refractivity contribution < 1.29 is 0 Å². The average Bonchev–Trinajstić information content (AvgIpc) is 2.75. The van der Waals surface area contributed by atoms with E-state index in [9.17, 15) is 0 Å². The highest BCUT2D eigenvalue weighted by molar-refractivity contribution is 6.01. The summed E-state index contributed by atoms with van der Waals surface area (Å²) in [6.45, 7) is 2.30. The molecule has 0 N–H and O–H groups in total. The van der Waals surface area contributed by atoms with Gasteiger partial charge < -0.3 is 0 Å². The molecule has 1 unspecified atom stereocenters. The van der Waals surface area contributed by atoms with Crippen molar-refractivity contribution >= 4 is 11.1 Å². The molecular weight excluding hydrogens is 228 g/mol. The van der Waals surface area contributed by atoms with E-state index in [0.717, 1.165) is 6.42 Å². The van der Waals surface area contributed by atoms with Gasteiger partial charge in [0.25, 0.3) is 0 Å². The Hall–Kier alpha value is -2.08. The number of hydrogen-bond acceptors (Lipinski definition) is 0. The SMILES string of the molecule is CC1C=CC2=C1c1ccccc1Cc1ccccc12. The van der Waals surface area contributed by atoms with Gasteiger partial charge in [-0.3, -0.25) is 0 Å². The topological polar surface area (TPSA) is 0 Å². The molecule has 0 amide bonds. The van der Waals surface area contributed by atoms with Crippen LogP contribution >= 0.6 is 0 Å². The molecule has 2 aliphatic rings. The number of hydrogen-bond donors (Lipinski definition) is 0. The fourth-order valence-electron chi connectivity index (χ4n) is 3.38. The first-order valence-electron chi connectivity index (χ1n) is 6.93. The van der Waals surface area contributed by atoms with Crippen molar-refractivity contribution in [3.05, 3.63) is 82.9 Å². The van der Waals surface area contributed by atoms with E-state index in [1.165, 1.54) is 33.4 Å². The summed E-state index contributed by atoms with van der Waals surface area (Å²) in [4.78, 5) is 0. The molecule has 0 aromatic heterocycles. The molecule has 4 rings (SSSR count). The highest BCUT2D eigenvalue weighted by atomic mass is 14.3. The smallest absolute Gasteiger partial charge is 0.000510 e. The van der Waals surface area contributed by atoms with Gasteiger partial charge in [-0.1, -0.05) is 67.6 Å². The monoisotopic (exact) mass is 244 g/mol. The van der Waals surface area contributed by atoms with Crippen LogP contribution in [0.3, 0.4) is 0 Å². The molecule has 2 aliphatic carbocycles. The Morgan fingerprint density at radius 1 is 0.842 bits per heavy atom. The maximum atomic E-state index is 2.32. The van der Waals surface area contributed by atoms with E-state index in [0.29, 0.717) is 5.92 Å². The molecule has 92 valence electrons. The summed E-state index contributed by atoms with van der Waals surface area (Å²) in [6, 6.07) is 17.7. The molecule has 0 radical (unpaired) electrons. The first-order valence-corrected chi connectivity index (χ1v) is 6.93. The second kappa shape index (κ2) is 3.96. The van der Waals surface area contributed by atoms with Gasteiger partial charge in [0.2, 0.25) is 0 Å². The Bertz CT molecular complexity index is 716. The van der Waals surface area contributed by atoms with Crippen LogP contribution in [0.2, 0.25) is 0 Å². The number of rotatable bonds is 0. The van der Waals surface area contributed by atoms with Gasteiger partial charge in [0.15, 0.2) is 0 Å². The Kier molecular flexibility index (Phi) is 2.25. The standard InChI is InChI=1S/C19H16/c1-13-10-11-18-16-8-4-2-6-14(16)12-15-7-3-5-9-17(15)19(13)18/h2-11,13H,12H2,1H3. The van der Waals surface area contributed by atoms with Crippen LogP contribution in [0.1, 0.15) is 29.2 Å². The third kappa shape index (κ3) is 1.53. The first kappa shape index (κ1) is 10.8. The summed E-state index contributed by atoms with van der Waals surface area (Å²) in [5, 5.41) is 0. The van der Waals surface area contributed by atoms with Gasteiger partial charge in [-0.15, -0.1) is 0 Å². The minimum Gasteiger partial charge on any atom is -0.0766 e. The third-order valence-corrected chi connectivity index (χ3v) is 4.29. The van der Waals surface area contributed by atoms with Crippen molar-refractivity contribution in [1.29, 1.82) is 0 Å². The van der Waals surface area contributed by atoms with E-state index >= 15 is 0 Å². The first-order chi connectivity index (χ1) is 9.34. The molecule has 0 saturated heterocycles. The van der Waals surface area contributed by atoms with Crippen molar-refractivity contribution in [1.82, 2.24) is 0 Å². The highest BCUT2D eigenvalue weighted by Gasteiger charge is 2.25. The van der Waals surface area contributed by atoms with Gasteiger partial charge in [0.05, 0.1) is 0 Å². The lowest BCUT2D eigenvalue weighted by Crippen LogP contribution is -1.96. The summed E-state index contributed by atoms with van der Waals surface area (Å²) in [5.74, 6) is 0.516. The Morgan fingerprint density at radius 2 is 1.47 bits per heavy atom. The predicted octanol–water partition coefficient (Wildman–Crippen LogP) is 4.71. The van der Waals surface area contributed by atoms with Gasteiger partial charge in [-0.05, 0) is 39.8 Å². The van der Waals surface area contributed by atoms with Crippen molar-refractivity contribution in [3.8, 4) is 0 Å². The zero-order valence-corrected chi connectivity index (χ0v) is 11.1. The highest BCUT2D eigenvalue weighted by Crippen LogP contribution is 2.43. The average molecular weight is 244 g/mol. The van der Waals surface area contributed by atoms with Crippen LogP contribution in [0.15, 0.2) is 60.7 Å². The summed E-state index contributed by atoms with van der Waals surface area (Å²) in [5.41, 5.74) is 8.67. The lowest BCUT2D eigenvalue weighted by atomic mass is 9.91. The van der Waals surface area contributed by atoms with Gasteiger partial charge in [0.1, 0.15) is 0 Å². The molecule has 0 saturated carbocycles. The van der Waals surface area contributed by atoms with Crippen molar-refractivity contribution in [3.63, 3.8) is 0 Å². The molecule has 2 aromatic carbocycles. The molecule has 0 fully saturated rings. The quantitative estimate of drug-likeness (QED) is 0.629. The molecule has 0 aliphatic heterocycles. The second-order valence-corrected chi connectivity index (χ2v) is 5.47. The van der Waals surface area contributed by atoms with E-state index < -0.39 is 0 Å². The number of allylic oxidation sites excluding steroid dienone is 4. The maximum Gasteiger partial charge on any atom is 0.000510 e. The molecule has 0 spiro atoms. The zero-order chi connectivity index (χ0) is 12.8. The summed E-state index contributed by atoms with van der Waals surface area (Å²) in [6.07, 6.45) is 5.67. The molecule has 0 heteroatoms. The van der Waals surface area contributed by atoms with Crippen LogP contribution in [0.25, 0.3) is 11.1 Å². The van der Waals surface area contributed by atoms with E-state index in [4.69, 9.17) is 0 Å². The summed E-state index contributed by atoms with van der Waals surface area (Å²) >= 11 is 0. The van der Waals surface area contributed by atoms with Crippen LogP contribution in [0.4, 0.5) is 0 Å². The molecular formula is C19H16. The summed E-state index contributed by atoms with van der Waals surface area (Å²) < 4.78 is 0. The lowest BCUT2D eigenvalue weighted by molar-refractivity contribution is 0.977. The Labute approximate surface area is 114 Å². The molecule has 19 heavy (non-hydrogen) atoms. The van der Waals surface area contributed by atoms with Crippen molar-refractivity contribution in [2.75, 3.05) is 0 Å². The van der Waals surface area contributed by atoms with E-state index in [1.807, 2.05) is 0 Å². The van der Waals surface area contributed by atoms with E-state index in [-0.39, 0.29) is 0 Å². The third-order valence-electron chi connectivity index (χ3n) is 4.29. The maximum absolute atomic E-state index is 2.32. The number of benzene rings is 2. The van der Waals surface area contributed by atoms with E-state index in [2.05, 4.69) is 67.6 Å². The normalized spacial score (nSPS) is 19.7. The van der Waals surface area contributed by atoms with E-state index in [1.54, 1.807) is 0 Å². The van der Waals surface area contributed by atoms with Crippen molar-refractivity contribution in [2.45, 2.75) is 13.3 Å². The minimum atomic E-state index is 0.516. The Balaban J connectivity index is 2.08. The molecule has 2 aromatic rings. The fraction of sp³-hybridized carbons (Fsp3) is 0.158. The van der Waals surface area contributed by atoms with Gasteiger partial charge in [-0.2, -0.15) is 0 Å². The number of fused-ring (bicyclic) bond motifs is 4. The Morgan fingerprint density at radius 3 is 2.26 bits per heavy atom. The lowest BCUT2D eigenvalue weighted by Gasteiger charge is -2.13. The molecule has 0 nitrogen and oxygen atoms in total. The van der Waals surface area contributed by atoms with Crippen LogP contribution in [-0.4, -0.2) is 0 Å². The zero-order valence-electron chi connectivity index (χ0n) is 11.1. The van der Waals surface area contributed by atoms with Gasteiger partial charge >= 0.3 is 0 Å². The van der Waals surface area contributed by atoms with Crippen LogP contribution in [0.5, 0.6) is 0 Å². The fourth-order valence-corrected chi connectivity index (χ4v) is 3.38. The van der Waals surface area contributed by atoms with Crippen LogP contribution in [0, 0.1) is 5.92 Å². The van der Waals surface area contributed by atoms with Gasteiger partial charge in [-0.25, -0.2) is 0 Å². The second-order valence-electron chi connectivity index (χ2n) is 5.47. The van der Waals surface area contributed by atoms with Crippen LogP contribution in [-0.2, 0) is 6.42 Å². The molecule has 0 bridgehead atoms. The minimum absolute atomic E-state index is 0.516. The van der Waals surface area contributed by atoms with Crippen molar-refractivity contribution in [2.24, 2.45) is 5.92 Å². The van der Waals surface area contributed by atoms with Crippen LogP contribution < -0.4 is 0 Å².